The van der Waals surface area contributed by atoms with Crippen molar-refractivity contribution in [3.63, 3.8) is 0 Å². The van der Waals surface area contributed by atoms with Gasteiger partial charge in [-0.25, -0.2) is 0 Å². The van der Waals surface area contributed by atoms with Gasteiger partial charge in [0, 0.05) is 12.1 Å². The fourth-order valence-corrected chi connectivity index (χ4v) is 2.89. The summed E-state index contributed by atoms with van der Waals surface area (Å²) in [5.74, 6) is 0.499. The van der Waals surface area contributed by atoms with Crippen molar-refractivity contribution in [1.82, 2.24) is 4.90 Å². The van der Waals surface area contributed by atoms with Gasteiger partial charge in [0.05, 0.1) is 6.10 Å². The molecule has 0 aromatic rings. The van der Waals surface area contributed by atoms with E-state index in [4.69, 9.17) is 0 Å². The fourth-order valence-electron chi connectivity index (χ4n) is 2.89. The molecule has 70 valence electrons. The van der Waals surface area contributed by atoms with Gasteiger partial charge in [-0.2, -0.15) is 0 Å². The molecule has 2 aliphatic heterocycles. The number of aliphatic hydroxyl groups is 1. The first-order chi connectivity index (χ1) is 5.70. The minimum atomic E-state index is -0.0978. The molecule has 0 amide bonds. The molecule has 2 nitrogen and oxygen atoms in total. The minimum absolute atomic E-state index is 0.0978. The SMILES string of the molecule is C[C@@H]1C[C@@H]2CCCN2[C@@H](C)[C@H]1O. The summed E-state index contributed by atoms with van der Waals surface area (Å²) in [7, 11) is 0. The highest BCUT2D eigenvalue weighted by molar-refractivity contribution is 4.94. The van der Waals surface area contributed by atoms with E-state index < -0.39 is 0 Å². The summed E-state index contributed by atoms with van der Waals surface area (Å²) < 4.78 is 0. The van der Waals surface area contributed by atoms with Crippen LogP contribution in [0.5, 0.6) is 0 Å². The molecular formula is C10H19NO. The number of hydrogen-bond acceptors (Lipinski definition) is 2. The van der Waals surface area contributed by atoms with Gasteiger partial charge in [-0.15, -0.1) is 0 Å². The second-order valence-electron chi connectivity index (χ2n) is 4.48. The highest BCUT2D eigenvalue weighted by Gasteiger charge is 2.39. The van der Waals surface area contributed by atoms with Gasteiger partial charge in [0.2, 0.25) is 0 Å². The van der Waals surface area contributed by atoms with Crippen molar-refractivity contribution >= 4 is 0 Å². The monoisotopic (exact) mass is 169 g/mol. The highest BCUT2D eigenvalue weighted by atomic mass is 16.3. The molecule has 0 aromatic carbocycles. The predicted octanol–water partition coefficient (Wildman–Crippen LogP) is 1.24. The number of piperidine rings is 1. The molecule has 2 rings (SSSR count). The van der Waals surface area contributed by atoms with E-state index in [1.54, 1.807) is 0 Å². The zero-order valence-corrected chi connectivity index (χ0v) is 8.03. The van der Waals surface area contributed by atoms with E-state index in [0.717, 1.165) is 6.04 Å². The van der Waals surface area contributed by atoms with E-state index >= 15 is 0 Å². The Bertz CT molecular complexity index is 171. The van der Waals surface area contributed by atoms with Gasteiger partial charge < -0.3 is 5.11 Å². The van der Waals surface area contributed by atoms with Crippen LogP contribution in [0.15, 0.2) is 0 Å². The maximum absolute atomic E-state index is 9.85. The smallest absolute Gasteiger partial charge is 0.0718 e. The van der Waals surface area contributed by atoms with Crippen LogP contribution in [-0.2, 0) is 0 Å². The zero-order valence-electron chi connectivity index (χ0n) is 8.03. The molecule has 2 aliphatic rings. The second kappa shape index (κ2) is 3.00. The molecule has 0 bridgehead atoms. The summed E-state index contributed by atoms with van der Waals surface area (Å²) in [4.78, 5) is 2.49. The molecule has 0 aromatic heterocycles. The van der Waals surface area contributed by atoms with Crippen LogP contribution in [0.2, 0.25) is 0 Å². The number of hydrogen-bond donors (Lipinski definition) is 1. The van der Waals surface area contributed by atoms with Crippen molar-refractivity contribution in [2.75, 3.05) is 6.54 Å². The topological polar surface area (TPSA) is 23.5 Å². The number of rotatable bonds is 0. The van der Waals surface area contributed by atoms with Crippen LogP contribution in [0.4, 0.5) is 0 Å². The Hall–Kier alpha value is -0.0800. The quantitative estimate of drug-likeness (QED) is 0.590. The Morgan fingerprint density at radius 2 is 2.08 bits per heavy atom. The molecular weight excluding hydrogens is 150 g/mol. The minimum Gasteiger partial charge on any atom is -0.391 e. The van der Waals surface area contributed by atoms with Crippen LogP contribution in [0.1, 0.15) is 33.1 Å². The summed E-state index contributed by atoms with van der Waals surface area (Å²) >= 11 is 0. The number of nitrogens with zero attached hydrogens (tertiary/aromatic N) is 1. The first kappa shape index (κ1) is 8.52. The number of fused-ring (bicyclic) bond motifs is 1. The molecule has 1 N–H and O–H groups in total. The van der Waals surface area contributed by atoms with Crippen molar-refractivity contribution in [1.29, 1.82) is 0 Å². The molecule has 4 atom stereocenters. The van der Waals surface area contributed by atoms with E-state index in [-0.39, 0.29) is 6.10 Å². The van der Waals surface area contributed by atoms with Crippen LogP contribution >= 0.6 is 0 Å². The van der Waals surface area contributed by atoms with Gasteiger partial charge in [-0.3, -0.25) is 4.90 Å². The third-order valence-electron chi connectivity index (χ3n) is 3.67. The number of aliphatic hydroxyl groups excluding tert-OH is 1. The van der Waals surface area contributed by atoms with Gasteiger partial charge >= 0.3 is 0 Å². The molecule has 2 fully saturated rings. The van der Waals surface area contributed by atoms with Crippen molar-refractivity contribution in [2.24, 2.45) is 5.92 Å². The molecule has 0 radical (unpaired) electrons. The third kappa shape index (κ3) is 1.17. The van der Waals surface area contributed by atoms with E-state index in [1.165, 1.54) is 25.8 Å². The summed E-state index contributed by atoms with van der Waals surface area (Å²) in [6, 6.07) is 1.17. The second-order valence-corrected chi connectivity index (χ2v) is 4.48. The molecule has 0 unspecified atom stereocenters. The zero-order chi connectivity index (χ0) is 8.72. The van der Waals surface area contributed by atoms with Crippen LogP contribution in [-0.4, -0.2) is 34.7 Å². The molecule has 2 saturated heterocycles. The highest BCUT2D eigenvalue weighted by Crippen LogP contribution is 2.33. The van der Waals surface area contributed by atoms with Gasteiger partial charge in [-0.05, 0) is 38.6 Å². The van der Waals surface area contributed by atoms with Crippen LogP contribution < -0.4 is 0 Å². The maximum atomic E-state index is 9.85. The molecule has 0 spiro atoms. The Morgan fingerprint density at radius 3 is 2.83 bits per heavy atom. The average Bonchev–Trinajstić information content (AvgIpc) is 2.48. The standard InChI is InChI=1S/C10H19NO/c1-7-6-9-4-3-5-11(9)8(2)10(7)12/h7-10,12H,3-6H2,1-2H3/t7-,8+,9+,10+/m1/s1. The van der Waals surface area contributed by atoms with Crippen molar-refractivity contribution in [3.8, 4) is 0 Å². The van der Waals surface area contributed by atoms with Gasteiger partial charge in [0.1, 0.15) is 0 Å². The maximum Gasteiger partial charge on any atom is 0.0718 e. The van der Waals surface area contributed by atoms with Gasteiger partial charge in [0.25, 0.3) is 0 Å². The Kier molecular flexibility index (Phi) is 2.13. The Labute approximate surface area is 74.6 Å². The summed E-state index contributed by atoms with van der Waals surface area (Å²) in [5, 5.41) is 9.85. The summed E-state index contributed by atoms with van der Waals surface area (Å²) in [5.41, 5.74) is 0. The normalized spacial score (nSPS) is 49.2. The summed E-state index contributed by atoms with van der Waals surface area (Å²) in [6.45, 7) is 5.55. The van der Waals surface area contributed by atoms with Crippen molar-refractivity contribution in [2.45, 2.75) is 51.3 Å². The van der Waals surface area contributed by atoms with Gasteiger partial charge in [0.15, 0.2) is 0 Å². The lowest BCUT2D eigenvalue weighted by Crippen LogP contribution is -2.52. The lowest BCUT2D eigenvalue weighted by molar-refractivity contribution is -0.0302. The van der Waals surface area contributed by atoms with Gasteiger partial charge in [-0.1, -0.05) is 6.92 Å². The predicted molar refractivity (Wildman–Crippen MR) is 49.0 cm³/mol. The van der Waals surface area contributed by atoms with Crippen molar-refractivity contribution < 1.29 is 5.11 Å². The van der Waals surface area contributed by atoms with Crippen LogP contribution in [0, 0.1) is 5.92 Å². The van der Waals surface area contributed by atoms with E-state index in [2.05, 4.69) is 18.7 Å². The molecule has 2 heterocycles. The van der Waals surface area contributed by atoms with Crippen molar-refractivity contribution in [3.05, 3.63) is 0 Å². The van der Waals surface area contributed by atoms with E-state index in [0.29, 0.717) is 12.0 Å². The van der Waals surface area contributed by atoms with E-state index in [9.17, 15) is 5.11 Å². The third-order valence-corrected chi connectivity index (χ3v) is 3.67. The molecule has 12 heavy (non-hydrogen) atoms. The van der Waals surface area contributed by atoms with Crippen LogP contribution in [0.25, 0.3) is 0 Å². The average molecular weight is 169 g/mol. The molecule has 0 aliphatic carbocycles. The lowest BCUT2D eigenvalue weighted by Gasteiger charge is -2.42. The molecule has 0 saturated carbocycles. The lowest BCUT2D eigenvalue weighted by atomic mass is 9.86. The fraction of sp³-hybridized carbons (Fsp3) is 1.00. The van der Waals surface area contributed by atoms with E-state index in [1.807, 2.05) is 0 Å². The van der Waals surface area contributed by atoms with Crippen LogP contribution in [0.3, 0.4) is 0 Å². The molecule has 2 heteroatoms. The summed E-state index contributed by atoms with van der Waals surface area (Å²) in [6.07, 6.45) is 3.78. The Morgan fingerprint density at radius 1 is 1.33 bits per heavy atom. The first-order valence-electron chi connectivity index (χ1n) is 5.14. The Balaban J connectivity index is 2.10. The largest absolute Gasteiger partial charge is 0.391 e. The first-order valence-corrected chi connectivity index (χ1v) is 5.14.